The number of furan rings is 1. The molecule has 7 nitrogen and oxygen atoms in total. The molecule has 1 aliphatic rings. The van der Waals surface area contributed by atoms with Gasteiger partial charge >= 0.3 is 0 Å². The highest BCUT2D eigenvalue weighted by Crippen LogP contribution is 2.27. The van der Waals surface area contributed by atoms with Crippen molar-refractivity contribution in [2.24, 2.45) is 0 Å². The number of fused-ring (bicyclic) bond motifs is 1. The minimum absolute atomic E-state index is 0.200. The molecule has 0 radical (unpaired) electrons. The lowest BCUT2D eigenvalue weighted by Crippen LogP contribution is -2.29. The van der Waals surface area contributed by atoms with Gasteiger partial charge in [0.1, 0.15) is 5.69 Å². The van der Waals surface area contributed by atoms with Crippen LogP contribution in [-0.4, -0.2) is 34.0 Å². The fourth-order valence-corrected chi connectivity index (χ4v) is 4.24. The number of nitrogens with one attached hydrogen (secondary N) is 1. The average molecular weight is 431 g/mol. The molecule has 0 atom stereocenters. The smallest absolute Gasteiger partial charge is 0.259 e. The number of nitrogens with zero attached hydrogens (tertiary/aromatic N) is 3. The van der Waals surface area contributed by atoms with Gasteiger partial charge in [-0.05, 0) is 62.2 Å². The largest absolute Gasteiger partial charge is 0.463 e. The average Bonchev–Trinajstić information content (AvgIpc) is 3.49. The first-order valence-electron chi connectivity index (χ1n) is 11.1. The molecule has 1 aromatic carbocycles. The maximum Gasteiger partial charge on any atom is 0.259 e. The summed E-state index contributed by atoms with van der Waals surface area (Å²) in [6, 6.07) is 13.8. The van der Waals surface area contributed by atoms with Gasteiger partial charge in [0.25, 0.3) is 11.6 Å². The van der Waals surface area contributed by atoms with Gasteiger partial charge in [0, 0.05) is 13.1 Å². The van der Waals surface area contributed by atoms with E-state index in [2.05, 4.69) is 44.6 Å². The number of piperidine rings is 1. The van der Waals surface area contributed by atoms with E-state index in [4.69, 9.17) is 8.94 Å². The van der Waals surface area contributed by atoms with Crippen LogP contribution in [0.1, 0.15) is 46.4 Å². The molecule has 32 heavy (non-hydrogen) atoms. The molecule has 0 bridgehead atoms. The van der Waals surface area contributed by atoms with Crippen LogP contribution in [0.2, 0.25) is 0 Å². The molecule has 4 heterocycles. The van der Waals surface area contributed by atoms with Crippen molar-refractivity contribution in [3.63, 3.8) is 0 Å². The van der Waals surface area contributed by atoms with Crippen molar-refractivity contribution in [2.45, 2.75) is 39.3 Å². The molecular formula is C25H26N4O3. The zero-order valence-corrected chi connectivity index (χ0v) is 18.1. The van der Waals surface area contributed by atoms with Crippen molar-refractivity contribution in [1.82, 2.24) is 20.4 Å². The second-order valence-corrected chi connectivity index (χ2v) is 8.32. The Morgan fingerprint density at radius 2 is 1.88 bits per heavy atom. The first-order valence-corrected chi connectivity index (χ1v) is 11.1. The molecule has 5 rings (SSSR count). The Labute approximate surface area is 186 Å². The predicted octanol–water partition coefficient (Wildman–Crippen LogP) is 4.71. The summed E-state index contributed by atoms with van der Waals surface area (Å²) in [5.74, 6) is 0.369. The predicted molar refractivity (Wildman–Crippen MR) is 121 cm³/mol. The van der Waals surface area contributed by atoms with E-state index >= 15 is 0 Å². The van der Waals surface area contributed by atoms with Crippen molar-refractivity contribution in [3.05, 3.63) is 71.1 Å². The van der Waals surface area contributed by atoms with Crippen LogP contribution < -0.4 is 5.32 Å². The van der Waals surface area contributed by atoms with Gasteiger partial charge in [-0.15, -0.1) is 0 Å². The first kappa shape index (κ1) is 20.5. The summed E-state index contributed by atoms with van der Waals surface area (Å²) in [6.45, 7) is 5.59. The van der Waals surface area contributed by atoms with E-state index in [0.29, 0.717) is 40.4 Å². The van der Waals surface area contributed by atoms with Crippen LogP contribution >= 0.6 is 0 Å². The fraction of sp³-hybridized carbons (Fsp3) is 0.320. The Morgan fingerprint density at radius 1 is 1.09 bits per heavy atom. The van der Waals surface area contributed by atoms with Crippen molar-refractivity contribution < 1.29 is 13.7 Å². The molecule has 0 spiro atoms. The molecule has 1 fully saturated rings. The zero-order valence-electron chi connectivity index (χ0n) is 18.1. The van der Waals surface area contributed by atoms with Gasteiger partial charge in [-0.2, -0.15) is 0 Å². The molecule has 1 amide bonds. The van der Waals surface area contributed by atoms with Gasteiger partial charge < -0.3 is 14.3 Å². The third-order valence-electron chi connectivity index (χ3n) is 5.97. The highest BCUT2D eigenvalue weighted by Gasteiger charge is 2.20. The second-order valence-electron chi connectivity index (χ2n) is 8.32. The van der Waals surface area contributed by atoms with E-state index in [1.54, 1.807) is 31.4 Å². The molecular weight excluding hydrogens is 404 g/mol. The van der Waals surface area contributed by atoms with Crippen LogP contribution in [0.25, 0.3) is 22.6 Å². The van der Waals surface area contributed by atoms with E-state index in [-0.39, 0.29) is 5.91 Å². The number of rotatable bonds is 6. The highest BCUT2D eigenvalue weighted by molar-refractivity contribution is 6.06. The summed E-state index contributed by atoms with van der Waals surface area (Å²) in [6.07, 6.45) is 5.50. The molecule has 3 aromatic heterocycles. The molecule has 1 aliphatic heterocycles. The number of likely N-dealkylation sites (tertiary alicyclic amines) is 1. The Kier molecular flexibility index (Phi) is 5.73. The molecule has 4 aromatic rings. The molecule has 0 aliphatic carbocycles. The molecule has 7 heteroatoms. The Bertz CT molecular complexity index is 1210. The fourth-order valence-electron chi connectivity index (χ4n) is 4.24. The third kappa shape index (κ3) is 4.29. The van der Waals surface area contributed by atoms with E-state index < -0.39 is 0 Å². The van der Waals surface area contributed by atoms with E-state index in [9.17, 15) is 4.79 Å². The quantitative estimate of drug-likeness (QED) is 0.477. The minimum Gasteiger partial charge on any atom is -0.463 e. The Balaban J connectivity index is 1.30. The van der Waals surface area contributed by atoms with Gasteiger partial charge in [-0.3, -0.25) is 9.69 Å². The van der Waals surface area contributed by atoms with Crippen LogP contribution in [0.5, 0.6) is 0 Å². The SMILES string of the molecule is Cc1noc2nc(-c3ccco3)cc(C(=O)NCc3ccc(CN4CCCCC4)cc3)c12. The summed E-state index contributed by atoms with van der Waals surface area (Å²) in [4.78, 5) is 20.0. The summed E-state index contributed by atoms with van der Waals surface area (Å²) >= 11 is 0. The van der Waals surface area contributed by atoms with Gasteiger partial charge in [0.15, 0.2) is 5.76 Å². The van der Waals surface area contributed by atoms with Crippen molar-refractivity contribution >= 4 is 17.0 Å². The Hall–Kier alpha value is -3.45. The topological polar surface area (TPSA) is 84.4 Å². The molecule has 1 saturated heterocycles. The highest BCUT2D eigenvalue weighted by atomic mass is 16.5. The van der Waals surface area contributed by atoms with Crippen molar-refractivity contribution in [3.8, 4) is 11.5 Å². The van der Waals surface area contributed by atoms with E-state index in [0.717, 1.165) is 12.1 Å². The van der Waals surface area contributed by atoms with Gasteiger partial charge in [0.05, 0.1) is 22.9 Å². The number of hydrogen-bond donors (Lipinski definition) is 1. The lowest BCUT2D eigenvalue weighted by atomic mass is 10.1. The number of hydrogen-bond acceptors (Lipinski definition) is 6. The number of amides is 1. The number of pyridine rings is 1. The lowest BCUT2D eigenvalue weighted by Gasteiger charge is -2.26. The molecule has 1 N–H and O–H groups in total. The molecule has 164 valence electrons. The summed E-state index contributed by atoms with van der Waals surface area (Å²) < 4.78 is 10.8. The van der Waals surface area contributed by atoms with E-state index in [1.807, 2.05) is 0 Å². The number of aromatic nitrogens is 2. The number of carbonyl (C=O) groups is 1. The van der Waals surface area contributed by atoms with Crippen LogP contribution in [0.3, 0.4) is 0 Å². The number of benzene rings is 1. The standard InChI is InChI=1S/C25H26N4O3/c1-17-23-20(14-21(22-6-5-13-31-22)27-25(23)32-28-17)24(30)26-15-18-7-9-19(10-8-18)16-29-11-3-2-4-12-29/h5-10,13-14H,2-4,11-12,15-16H2,1H3,(H,26,30). The van der Waals surface area contributed by atoms with Gasteiger partial charge in [-0.25, -0.2) is 4.98 Å². The monoisotopic (exact) mass is 430 g/mol. The second kappa shape index (κ2) is 8.96. The lowest BCUT2D eigenvalue weighted by molar-refractivity contribution is 0.0952. The number of aryl methyl sites for hydroxylation is 1. The maximum atomic E-state index is 13.1. The summed E-state index contributed by atoms with van der Waals surface area (Å²) in [7, 11) is 0. The first-order chi connectivity index (χ1) is 15.7. The molecule has 0 unspecified atom stereocenters. The van der Waals surface area contributed by atoms with E-state index in [1.165, 1.54) is 37.9 Å². The van der Waals surface area contributed by atoms with Crippen molar-refractivity contribution in [1.29, 1.82) is 0 Å². The third-order valence-corrected chi connectivity index (χ3v) is 5.97. The maximum absolute atomic E-state index is 13.1. The van der Waals surface area contributed by atoms with Crippen molar-refractivity contribution in [2.75, 3.05) is 13.1 Å². The van der Waals surface area contributed by atoms with Crippen LogP contribution in [-0.2, 0) is 13.1 Å². The summed E-state index contributed by atoms with van der Waals surface area (Å²) in [5.41, 5.74) is 4.32. The van der Waals surface area contributed by atoms with Gasteiger partial charge in [0.2, 0.25) is 0 Å². The summed E-state index contributed by atoms with van der Waals surface area (Å²) in [5, 5.41) is 7.63. The van der Waals surface area contributed by atoms with Gasteiger partial charge in [-0.1, -0.05) is 35.8 Å². The molecule has 0 saturated carbocycles. The van der Waals surface area contributed by atoms with Crippen LogP contribution in [0, 0.1) is 6.92 Å². The number of carbonyl (C=O) groups excluding carboxylic acids is 1. The normalized spacial score (nSPS) is 14.7. The van der Waals surface area contributed by atoms with Crippen LogP contribution in [0.4, 0.5) is 0 Å². The van der Waals surface area contributed by atoms with Crippen LogP contribution in [0.15, 0.2) is 57.7 Å². The zero-order chi connectivity index (χ0) is 21.9. The Morgan fingerprint density at radius 3 is 2.62 bits per heavy atom. The minimum atomic E-state index is -0.200.